The van der Waals surface area contributed by atoms with Crippen molar-refractivity contribution < 1.29 is 17.2 Å². The highest BCUT2D eigenvalue weighted by Gasteiger charge is 2.33. The standard InChI is InChI=1S/C25H22FN3O3S/c26-22-14-8-7-13-21(22)23-27-24(33(30,31)20-11-5-2-6-12-20)25(32-23)29-17-15-28(16-18-29)19-9-3-1-4-10-19/h1-14H,15-18H2. The molecule has 0 N–H and O–H groups in total. The van der Waals surface area contributed by atoms with Gasteiger partial charge < -0.3 is 14.2 Å². The number of hydrogen-bond acceptors (Lipinski definition) is 6. The fourth-order valence-electron chi connectivity index (χ4n) is 3.94. The molecule has 8 heteroatoms. The summed E-state index contributed by atoms with van der Waals surface area (Å²) < 4.78 is 47.3. The van der Waals surface area contributed by atoms with Gasteiger partial charge in [-0.2, -0.15) is 4.98 Å². The molecule has 0 saturated carbocycles. The number of rotatable bonds is 5. The van der Waals surface area contributed by atoms with E-state index < -0.39 is 15.7 Å². The third-order valence-corrected chi connectivity index (χ3v) is 7.35. The second-order valence-electron chi connectivity index (χ2n) is 7.74. The van der Waals surface area contributed by atoms with E-state index in [1.165, 1.54) is 24.3 Å². The lowest BCUT2D eigenvalue weighted by molar-refractivity contribution is 0.521. The minimum absolute atomic E-state index is 0.0527. The van der Waals surface area contributed by atoms with Gasteiger partial charge in [-0.25, -0.2) is 12.8 Å². The topological polar surface area (TPSA) is 66.7 Å². The Balaban J connectivity index is 1.53. The zero-order chi connectivity index (χ0) is 22.8. The molecular formula is C25H22FN3O3S. The lowest BCUT2D eigenvalue weighted by atomic mass is 10.2. The van der Waals surface area contributed by atoms with Crippen molar-refractivity contribution in [2.75, 3.05) is 36.0 Å². The van der Waals surface area contributed by atoms with Crippen LogP contribution in [0.15, 0.2) is 99.3 Å². The van der Waals surface area contributed by atoms with Gasteiger partial charge in [0.25, 0.3) is 0 Å². The third-order valence-electron chi connectivity index (χ3n) is 5.68. The summed E-state index contributed by atoms with van der Waals surface area (Å²) >= 11 is 0. The van der Waals surface area contributed by atoms with Crippen molar-refractivity contribution in [3.63, 3.8) is 0 Å². The predicted molar refractivity (Wildman–Crippen MR) is 125 cm³/mol. The smallest absolute Gasteiger partial charge is 0.236 e. The average molecular weight is 464 g/mol. The Kier molecular flexibility index (Phi) is 5.60. The van der Waals surface area contributed by atoms with Gasteiger partial charge in [-0.15, -0.1) is 0 Å². The van der Waals surface area contributed by atoms with Gasteiger partial charge in [-0.05, 0) is 36.4 Å². The molecule has 1 aliphatic rings. The van der Waals surface area contributed by atoms with E-state index in [-0.39, 0.29) is 27.3 Å². The molecule has 0 unspecified atom stereocenters. The summed E-state index contributed by atoms with van der Waals surface area (Å²) in [6.07, 6.45) is 0. The summed E-state index contributed by atoms with van der Waals surface area (Å²) in [4.78, 5) is 8.51. The molecule has 0 bridgehead atoms. The SMILES string of the molecule is O=S(=O)(c1ccccc1)c1nc(-c2ccccc2F)oc1N1CCN(c2ccccc2)CC1. The van der Waals surface area contributed by atoms with Gasteiger partial charge in [0.1, 0.15) is 5.82 Å². The minimum atomic E-state index is -3.97. The highest BCUT2D eigenvalue weighted by atomic mass is 32.2. The van der Waals surface area contributed by atoms with Crippen molar-refractivity contribution in [2.24, 2.45) is 0 Å². The number of halogens is 1. The van der Waals surface area contributed by atoms with Crippen molar-refractivity contribution in [1.82, 2.24) is 4.98 Å². The molecule has 0 spiro atoms. The van der Waals surface area contributed by atoms with Crippen LogP contribution in [0.5, 0.6) is 0 Å². The Labute approximate surface area is 191 Å². The van der Waals surface area contributed by atoms with Crippen LogP contribution in [0, 0.1) is 5.82 Å². The van der Waals surface area contributed by atoms with Crippen LogP contribution in [0.1, 0.15) is 0 Å². The van der Waals surface area contributed by atoms with Crippen LogP contribution >= 0.6 is 0 Å². The van der Waals surface area contributed by atoms with Crippen molar-refractivity contribution in [3.8, 4) is 11.5 Å². The fourth-order valence-corrected chi connectivity index (χ4v) is 5.28. The van der Waals surface area contributed by atoms with Crippen LogP contribution in [0.4, 0.5) is 16.0 Å². The zero-order valence-electron chi connectivity index (χ0n) is 17.8. The first kappa shape index (κ1) is 21.2. The van der Waals surface area contributed by atoms with Crippen LogP contribution in [0.25, 0.3) is 11.5 Å². The molecule has 0 radical (unpaired) electrons. The molecule has 1 fully saturated rings. The second kappa shape index (κ2) is 8.71. The lowest BCUT2D eigenvalue weighted by Gasteiger charge is -2.36. The largest absolute Gasteiger partial charge is 0.419 e. The molecular weight excluding hydrogens is 441 g/mol. The number of anilines is 2. The van der Waals surface area contributed by atoms with Gasteiger partial charge in [0.05, 0.1) is 10.5 Å². The Morgan fingerprint density at radius 2 is 1.33 bits per heavy atom. The van der Waals surface area contributed by atoms with Gasteiger partial charge in [0.2, 0.25) is 26.6 Å². The molecule has 0 atom stereocenters. The van der Waals surface area contributed by atoms with Crippen molar-refractivity contribution in [3.05, 3.63) is 90.7 Å². The summed E-state index contributed by atoms with van der Waals surface area (Å²) in [7, 11) is -3.97. The summed E-state index contributed by atoms with van der Waals surface area (Å²) in [6, 6.07) is 24.2. The monoisotopic (exact) mass is 463 g/mol. The minimum Gasteiger partial charge on any atom is -0.419 e. The lowest BCUT2D eigenvalue weighted by Crippen LogP contribution is -2.46. The summed E-state index contributed by atoms with van der Waals surface area (Å²) in [5.74, 6) is -0.434. The Bertz CT molecular complexity index is 1350. The number of hydrogen-bond donors (Lipinski definition) is 0. The van der Waals surface area contributed by atoms with Gasteiger partial charge in [-0.1, -0.05) is 48.5 Å². The number of nitrogens with zero attached hydrogens (tertiary/aromatic N) is 3. The van der Waals surface area contributed by atoms with Crippen LogP contribution in [-0.4, -0.2) is 39.6 Å². The Morgan fingerprint density at radius 1 is 0.758 bits per heavy atom. The van der Waals surface area contributed by atoms with Crippen LogP contribution in [0.3, 0.4) is 0 Å². The summed E-state index contributed by atoms with van der Waals surface area (Å²) in [5, 5.41) is -0.194. The first-order valence-corrected chi connectivity index (χ1v) is 12.1. The number of sulfone groups is 1. The highest BCUT2D eigenvalue weighted by molar-refractivity contribution is 7.91. The molecule has 1 saturated heterocycles. The predicted octanol–water partition coefficient (Wildman–Crippen LogP) is 4.64. The second-order valence-corrected chi connectivity index (χ2v) is 9.60. The van der Waals surface area contributed by atoms with Crippen LogP contribution in [0.2, 0.25) is 0 Å². The molecule has 6 nitrogen and oxygen atoms in total. The van der Waals surface area contributed by atoms with Crippen molar-refractivity contribution in [2.45, 2.75) is 9.92 Å². The molecule has 2 heterocycles. The molecule has 3 aromatic carbocycles. The van der Waals surface area contributed by atoms with Crippen molar-refractivity contribution >= 4 is 21.4 Å². The molecule has 168 valence electrons. The molecule has 1 aromatic heterocycles. The third kappa shape index (κ3) is 4.09. The van der Waals surface area contributed by atoms with Gasteiger partial charge in [0.15, 0.2) is 0 Å². The van der Waals surface area contributed by atoms with E-state index in [2.05, 4.69) is 9.88 Å². The number of aromatic nitrogens is 1. The number of para-hydroxylation sites is 1. The maximum atomic E-state index is 14.4. The molecule has 1 aliphatic heterocycles. The molecule has 4 aromatic rings. The molecule has 33 heavy (non-hydrogen) atoms. The molecule has 0 aliphatic carbocycles. The molecule has 5 rings (SSSR count). The first-order valence-electron chi connectivity index (χ1n) is 10.6. The number of benzene rings is 3. The Morgan fingerprint density at radius 3 is 2.00 bits per heavy atom. The van der Waals surface area contributed by atoms with Gasteiger partial charge in [-0.3, -0.25) is 0 Å². The normalized spacial score (nSPS) is 14.5. The quantitative estimate of drug-likeness (QED) is 0.430. The van der Waals surface area contributed by atoms with E-state index in [0.29, 0.717) is 26.2 Å². The van der Waals surface area contributed by atoms with E-state index in [1.807, 2.05) is 35.2 Å². The van der Waals surface area contributed by atoms with Crippen molar-refractivity contribution in [1.29, 1.82) is 0 Å². The fraction of sp³-hybridized carbons (Fsp3) is 0.160. The van der Waals surface area contributed by atoms with E-state index in [9.17, 15) is 12.8 Å². The summed E-state index contributed by atoms with van der Waals surface area (Å²) in [5.41, 5.74) is 1.23. The highest BCUT2D eigenvalue weighted by Crippen LogP contribution is 2.36. The first-order chi connectivity index (χ1) is 16.0. The summed E-state index contributed by atoms with van der Waals surface area (Å²) in [6.45, 7) is 2.45. The van der Waals surface area contributed by atoms with Gasteiger partial charge >= 0.3 is 0 Å². The maximum Gasteiger partial charge on any atom is 0.236 e. The van der Waals surface area contributed by atoms with Crippen LogP contribution in [-0.2, 0) is 9.84 Å². The van der Waals surface area contributed by atoms with Gasteiger partial charge in [0, 0.05) is 31.9 Å². The number of piperazine rings is 1. The van der Waals surface area contributed by atoms with E-state index in [4.69, 9.17) is 4.42 Å². The maximum absolute atomic E-state index is 14.4. The number of oxazole rings is 1. The zero-order valence-corrected chi connectivity index (χ0v) is 18.6. The van der Waals surface area contributed by atoms with E-state index >= 15 is 0 Å². The van der Waals surface area contributed by atoms with Crippen LogP contribution < -0.4 is 9.80 Å². The molecule has 0 amide bonds. The van der Waals surface area contributed by atoms with E-state index in [0.717, 1.165) is 5.69 Å². The average Bonchev–Trinajstić information content (AvgIpc) is 3.32. The Hall–Kier alpha value is -3.65. The van der Waals surface area contributed by atoms with E-state index in [1.54, 1.807) is 30.3 Å².